The van der Waals surface area contributed by atoms with Crippen molar-refractivity contribution in [3.05, 3.63) is 65.9 Å². The molecular weight excluding hydrogens is 434 g/mol. The molecule has 33 heavy (non-hydrogen) atoms. The van der Waals surface area contributed by atoms with Crippen LogP contribution in [0.2, 0.25) is 0 Å². The number of aryl methyl sites for hydroxylation is 1. The Bertz CT molecular complexity index is 1200. The van der Waals surface area contributed by atoms with Crippen molar-refractivity contribution in [3.63, 3.8) is 0 Å². The van der Waals surface area contributed by atoms with Gasteiger partial charge in [0.1, 0.15) is 17.9 Å². The summed E-state index contributed by atoms with van der Waals surface area (Å²) in [6.07, 6.45) is 4.39. The predicted molar refractivity (Wildman–Crippen MR) is 129 cm³/mol. The number of nitrogens with zero attached hydrogens (tertiary/aromatic N) is 1. The molecule has 2 aromatic carbocycles. The van der Waals surface area contributed by atoms with Crippen molar-refractivity contribution in [2.45, 2.75) is 61.3 Å². The number of carbonyl (C=O) groups is 2. The summed E-state index contributed by atoms with van der Waals surface area (Å²) >= 11 is 1.77. The number of hydrogen-bond donors (Lipinski definition) is 2. The second-order valence-corrected chi connectivity index (χ2v) is 10.3. The molecule has 2 unspecified atom stereocenters. The van der Waals surface area contributed by atoms with Crippen LogP contribution in [0.3, 0.4) is 0 Å². The van der Waals surface area contributed by atoms with Crippen molar-refractivity contribution in [3.8, 4) is 5.75 Å². The minimum atomic E-state index is -0.750. The Labute approximate surface area is 197 Å². The molecular formula is C26H27N3O3S. The summed E-state index contributed by atoms with van der Waals surface area (Å²) in [6, 6.07) is 18.0. The lowest BCUT2D eigenvalue weighted by Crippen LogP contribution is -2.48. The van der Waals surface area contributed by atoms with Crippen LogP contribution in [0.4, 0.5) is 4.79 Å². The van der Waals surface area contributed by atoms with Gasteiger partial charge in [-0.25, -0.2) is 4.79 Å². The van der Waals surface area contributed by atoms with E-state index in [2.05, 4.69) is 39.9 Å². The number of rotatable bonds is 5. The second kappa shape index (κ2) is 9.06. The number of urea groups is 1. The van der Waals surface area contributed by atoms with Crippen molar-refractivity contribution in [1.29, 1.82) is 0 Å². The highest BCUT2D eigenvalue weighted by Gasteiger charge is 2.47. The molecule has 2 N–H and O–H groups in total. The lowest BCUT2D eigenvalue weighted by molar-refractivity contribution is -0.124. The molecule has 1 saturated heterocycles. The number of pyridine rings is 1. The number of hydrogen-bond acceptors (Lipinski definition) is 5. The summed E-state index contributed by atoms with van der Waals surface area (Å²) in [7, 11) is 0. The Hall–Kier alpha value is -3.06. The third-order valence-electron chi connectivity index (χ3n) is 6.42. The zero-order valence-corrected chi connectivity index (χ0v) is 19.4. The number of ether oxygens (including phenoxy) is 1. The van der Waals surface area contributed by atoms with Crippen molar-refractivity contribution in [2.24, 2.45) is 0 Å². The molecule has 7 heteroatoms. The van der Waals surface area contributed by atoms with E-state index in [0.717, 1.165) is 52.1 Å². The van der Waals surface area contributed by atoms with Crippen LogP contribution in [0.15, 0.2) is 59.5 Å². The first-order chi connectivity index (χ1) is 16.0. The first-order valence-corrected chi connectivity index (χ1v) is 12.3. The van der Waals surface area contributed by atoms with E-state index in [1.165, 1.54) is 0 Å². The Balaban J connectivity index is 1.24. The number of amides is 3. The molecule has 2 aliphatic rings. The van der Waals surface area contributed by atoms with Gasteiger partial charge in [-0.15, -0.1) is 11.8 Å². The first-order valence-electron chi connectivity index (χ1n) is 11.4. The molecule has 1 aliphatic heterocycles. The van der Waals surface area contributed by atoms with Gasteiger partial charge in [-0.3, -0.25) is 15.1 Å². The number of fused-ring (bicyclic) bond motifs is 1. The average Bonchev–Trinajstić information content (AvgIpc) is 2.94. The van der Waals surface area contributed by atoms with Gasteiger partial charge in [0, 0.05) is 26.8 Å². The van der Waals surface area contributed by atoms with Crippen molar-refractivity contribution in [1.82, 2.24) is 15.6 Å². The van der Waals surface area contributed by atoms with Crippen LogP contribution in [-0.4, -0.2) is 27.7 Å². The Morgan fingerprint density at radius 3 is 2.73 bits per heavy atom. The van der Waals surface area contributed by atoms with E-state index in [1.807, 2.05) is 37.3 Å². The Morgan fingerprint density at radius 1 is 1.12 bits per heavy atom. The van der Waals surface area contributed by atoms with Gasteiger partial charge in [0.05, 0.1) is 5.52 Å². The molecule has 2 fully saturated rings. The molecule has 5 rings (SSSR count). The maximum absolute atomic E-state index is 12.4. The third kappa shape index (κ3) is 4.69. The molecule has 1 spiro atoms. The van der Waals surface area contributed by atoms with E-state index < -0.39 is 5.54 Å². The number of imide groups is 1. The van der Waals surface area contributed by atoms with Gasteiger partial charge in [-0.05, 0) is 62.6 Å². The van der Waals surface area contributed by atoms with Gasteiger partial charge < -0.3 is 10.1 Å². The summed E-state index contributed by atoms with van der Waals surface area (Å²) in [5.74, 6) is 0.639. The number of aromatic nitrogens is 1. The van der Waals surface area contributed by atoms with Crippen LogP contribution in [0, 0.1) is 6.92 Å². The van der Waals surface area contributed by atoms with E-state index in [0.29, 0.717) is 19.4 Å². The summed E-state index contributed by atoms with van der Waals surface area (Å²) in [5.41, 5.74) is 2.33. The molecule has 2 atom stereocenters. The maximum Gasteiger partial charge on any atom is 0.322 e. The lowest BCUT2D eigenvalue weighted by Gasteiger charge is -2.27. The predicted octanol–water partition coefficient (Wildman–Crippen LogP) is 5.13. The highest BCUT2D eigenvalue weighted by Crippen LogP contribution is 2.38. The van der Waals surface area contributed by atoms with Crippen molar-refractivity contribution < 1.29 is 14.3 Å². The van der Waals surface area contributed by atoms with Crippen LogP contribution in [-0.2, 0) is 11.4 Å². The van der Waals surface area contributed by atoms with E-state index >= 15 is 0 Å². The smallest absolute Gasteiger partial charge is 0.322 e. The molecule has 170 valence electrons. The number of nitrogens with one attached hydrogen (secondary N) is 2. The quantitative estimate of drug-likeness (QED) is 0.515. The molecule has 3 amide bonds. The lowest BCUT2D eigenvalue weighted by atomic mass is 9.90. The van der Waals surface area contributed by atoms with Gasteiger partial charge in [0.15, 0.2) is 0 Å². The molecule has 1 aliphatic carbocycles. The Morgan fingerprint density at radius 2 is 1.94 bits per heavy atom. The van der Waals surface area contributed by atoms with Crippen LogP contribution < -0.4 is 15.4 Å². The largest absolute Gasteiger partial charge is 0.489 e. The first kappa shape index (κ1) is 21.8. The minimum Gasteiger partial charge on any atom is -0.489 e. The number of benzene rings is 2. The molecule has 2 heterocycles. The Kier molecular flexibility index (Phi) is 5.98. The van der Waals surface area contributed by atoms with Crippen LogP contribution in [0.25, 0.3) is 10.9 Å². The second-order valence-electron chi connectivity index (χ2n) is 8.88. The number of carbonyl (C=O) groups excluding carboxylic acids is 2. The van der Waals surface area contributed by atoms with E-state index in [1.54, 1.807) is 11.8 Å². The average molecular weight is 462 g/mol. The molecule has 0 radical (unpaired) electrons. The van der Waals surface area contributed by atoms with Crippen molar-refractivity contribution >= 4 is 34.6 Å². The molecule has 3 aromatic rings. The van der Waals surface area contributed by atoms with Gasteiger partial charge in [-0.1, -0.05) is 31.0 Å². The zero-order chi connectivity index (χ0) is 22.8. The standard InChI is InChI=1S/C26H27N3O3S/c1-17-14-18(22-7-2-3-8-23(22)27-17)16-32-19-9-11-20(12-10-19)33-21-6-4-5-13-26(15-21)24(30)28-25(31)29-26/h2-3,7-12,14,21H,4-6,13,15-16H2,1H3,(H2,28,29,30,31). The van der Waals surface area contributed by atoms with Gasteiger partial charge in [0.25, 0.3) is 5.91 Å². The molecule has 6 nitrogen and oxygen atoms in total. The highest BCUT2D eigenvalue weighted by molar-refractivity contribution is 8.00. The van der Waals surface area contributed by atoms with E-state index in [-0.39, 0.29) is 17.2 Å². The fourth-order valence-electron chi connectivity index (χ4n) is 4.82. The van der Waals surface area contributed by atoms with Gasteiger partial charge >= 0.3 is 6.03 Å². The van der Waals surface area contributed by atoms with E-state index in [9.17, 15) is 9.59 Å². The van der Waals surface area contributed by atoms with Crippen LogP contribution in [0.5, 0.6) is 5.75 Å². The van der Waals surface area contributed by atoms with Crippen LogP contribution >= 0.6 is 11.8 Å². The number of thioether (sulfide) groups is 1. The minimum absolute atomic E-state index is 0.178. The summed E-state index contributed by atoms with van der Waals surface area (Å²) in [6.45, 7) is 2.48. The summed E-state index contributed by atoms with van der Waals surface area (Å²) in [4.78, 5) is 29.9. The SMILES string of the molecule is Cc1cc(COc2ccc(SC3CCCCC4(C3)NC(=O)NC4=O)cc2)c2ccccc2n1. The van der Waals surface area contributed by atoms with Crippen LogP contribution in [0.1, 0.15) is 43.4 Å². The molecule has 1 aromatic heterocycles. The number of para-hydroxylation sites is 1. The molecule has 1 saturated carbocycles. The monoisotopic (exact) mass is 461 g/mol. The molecule has 0 bridgehead atoms. The summed E-state index contributed by atoms with van der Waals surface area (Å²) < 4.78 is 6.08. The van der Waals surface area contributed by atoms with Gasteiger partial charge in [-0.2, -0.15) is 0 Å². The third-order valence-corrected chi connectivity index (χ3v) is 7.70. The zero-order valence-electron chi connectivity index (χ0n) is 18.6. The van der Waals surface area contributed by atoms with E-state index in [4.69, 9.17) is 4.74 Å². The normalized spacial score (nSPS) is 22.8. The topological polar surface area (TPSA) is 80.3 Å². The fourth-order valence-corrected chi connectivity index (χ4v) is 6.15. The van der Waals surface area contributed by atoms with Gasteiger partial charge in [0.2, 0.25) is 0 Å². The fraction of sp³-hybridized carbons (Fsp3) is 0.346. The maximum atomic E-state index is 12.4. The van der Waals surface area contributed by atoms with Crippen molar-refractivity contribution in [2.75, 3.05) is 0 Å². The highest BCUT2D eigenvalue weighted by atomic mass is 32.2. The summed E-state index contributed by atoms with van der Waals surface area (Å²) in [5, 5.41) is 6.70.